The van der Waals surface area contributed by atoms with Crippen LogP contribution in [0.25, 0.3) is 0 Å². The first kappa shape index (κ1) is 29.8. The molecule has 1 heterocycles. The molecule has 0 radical (unpaired) electrons. The van der Waals surface area contributed by atoms with Gasteiger partial charge in [-0.15, -0.1) is 0 Å². The van der Waals surface area contributed by atoms with E-state index < -0.39 is 6.10 Å². The minimum Gasteiger partial charge on any atom is -0.489 e. The Bertz CT molecular complexity index is 886. The highest BCUT2D eigenvalue weighted by atomic mass is 35.5. The maximum absolute atomic E-state index is 12.7. The van der Waals surface area contributed by atoms with E-state index in [2.05, 4.69) is 37.4 Å². The molecule has 35 heavy (non-hydrogen) atoms. The van der Waals surface area contributed by atoms with Crippen molar-refractivity contribution in [2.24, 2.45) is 5.92 Å². The average Bonchev–Trinajstić information content (AvgIpc) is 2.82. The first-order chi connectivity index (χ1) is 16.5. The van der Waals surface area contributed by atoms with Crippen molar-refractivity contribution in [3.8, 4) is 5.75 Å². The number of halogens is 2. The molecule has 0 spiro atoms. The number of piperidine rings is 1. The number of amides is 2. The molecule has 0 aromatic heterocycles. The third kappa shape index (κ3) is 9.17. The van der Waals surface area contributed by atoms with Gasteiger partial charge in [0.15, 0.2) is 0 Å². The highest BCUT2D eigenvalue weighted by Crippen LogP contribution is 2.41. The molecule has 0 aliphatic carbocycles. The van der Waals surface area contributed by atoms with Gasteiger partial charge in [-0.3, -0.25) is 14.3 Å². The van der Waals surface area contributed by atoms with Gasteiger partial charge < -0.3 is 20.1 Å². The zero-order chi connectivity index (χ0) is 26.2. The van der Waals surface area contributed by atoms with Crippen molar-refractivity contribution in [3.63, 3.8) is 0 Å². The van der Waals surface area contributed by atoms with Gasteiger partial charge in [-0.2, -0.15) is 0 Å². The van der Waals surface area contributed by atoms with Crippen molar-refractivity contribution in [1.29, 1.82) is 0 Å². The molecular weight excluding hydrogens is 509 g/mol. The van der Waals surface area contributed by atoms with Crippen LogP contribution in [0.5, 0.6) is 5.75 Å². The Labute approximate surface area is 223 Å². The molecule has 2 rings (SSSR count). The second-order valence-electron chi connectivity index (χ2n) is 9.55. The summed E-state index contributed by atoms with van der Waals surface area (Å²) in [4.78, 5) is 25.8. The monoisotopic (exact) mass is 545 g/mol. The maximum atomic E-state index is 12.7. The van der Waals surface area contributed by atoms with E-state index in [0.717, 1.165) is 18.4 Å². The summed E-state index contributed by atoms with van der Waals surface area (Å²) in [5.41, 5.74) is 0.907. The van der Waals surface area contributed by atoms with Crippen LogP contribution in [-0.2, 0) is 9.59 Å². The van der Waals surface area contributed by atoms with Gasteiger partial charge in [-0.1, -0.05) is 54.7 Å². The van der Waals surface area contributed by atoms with E-state index in [1.54, 1.807) is 35.9 Å². The second-order valence-corrected chi connectivity index (χ2v) is 12.0. The zero-order valence-corrected chi connectivity index (χ0v) is 23.2. The molecule has 2 unspecified atom stereocenters. The van der Waals surface area contributed by atoms with Crippen molar-refractivity contribution >= 4 is 47.0 Å². The number of carbonyl (C=O) groups is 2. The number of rotatable bonds is 11. The lowest BCUT2D eigenvalue weighted by Crippen LogP contribution is -2.48. The number of likely N-dealkylation sites (tertiary alicyclic amines) is 1. The van der Waals surface area contributed by atoms with Crippen molar-refractivity contribution in [2.45, 2.75) is 63.9 Å². The van der Waals surface area contributed by atoms with E-state index in [-0.39, 0.29) is 35.1 Å². The van der Waals surface area contributed by atoms with Crippen molar-refractivity contribution < 1.29 is 19.4 Å². The Morgan fingerprint density at radius 3 is 2.49 bits per heavy atom. The van der Waals surface area contributed by atoms with Crippen molar-refractivity contribution in [2.75, 3.05) is 26.2 Å². The summed E-state index contributed by atoms with van der Waals surface area (Å²) in [6.07, 6.45) is 2.19. The molecule has 1 saturated heterocycles. The number of benzene rings is 1. The average molecular weight is 547 g/mol. The van der Waals surface area contributed by atoms with Crippen molar-refractivity contribution in [3.05, 3.63) is 40.4 Å². The molecule has 1 fully saturated rings. The van der Waals surface area contributed by atoms with Gasteiger partial charge in [-0.25, -0.2) is 0 Å². The SMILES string of the molecule is C=CCOc1cc(Cl)c(Cl)cc1C(NSC(C)(C)C)C1CCN(C(=O)C(O)CNC(=O)CC)CC1. The second kappa shape index (κ2) is 13.7. The Morgan fingerprint density at radius 1 is 1.29 bits per heavy atom. The number of aliphatic hydroxyl groups is 1. The molecule has 1 aliphatic rings. The first-order valence-electron chi connectivity index (χ1n) is 11.9. The molecule has 1 aromatic carbocycles. The van der Waals surface area contributed by atoms with Crippen LogP contribution in [0.1, 0.15) is 58.6 Å². The Kier molecular flexibility index (Phi) is 11.7. The number of ether oxygens (including phenoxy) is 1. The van der Waals surface area contributed by atoms with Crippen LogP contribution in [0, 0.1) is 5.92 Å². The van der Waals surface area contributed by atoms with Crippen LogP contribution in [0.4, 0.5) is 0 Å². The molecule has 7 nitrogen and oxygen atoms in total. The number of hydrogen-bond donors (Lipinski definition) is 3. The summed E-state index contributed by atoms with van der Waals surface area (Å²) >= 11 is 14.3. The summed E-state index contributed by atoms with van der Waals surface area (Å²) in [5.74, 6) is 0.274. The number of aliphatic hydroxyl groups excluding tert-OH is 1. The largest absolute Gasteiger partial charge is 0.489 e. The van der Waals surface area contributed by atoms with Crippen LogP contribution < -0.4 is 14.8 Å². The Morgan fingerprint density at radius 2 is 1.91 bits per heavy atom. The number of nitrogens with one attached hydrogen (secondary N) is 2. The minimum atomic E-state index is -1.25. The van der Waals surface area contributed by atoms with Gasteiger partial charge in [0.2, 0.25) is 5.91 Å². The third-order valence-corrected chi connectivity index (χ3v) is 7.36. The molecule has 196 valence electrons. The predicted molar refractivity (Wildman–Crippen MR) is 144 cm³/mol. The highest BCUT2D eigenvalue weighted by molar-refractivity contribution is 7.98. The molecule has 2 amide bonds. The normalized spacial score (nSPS) is 16.5. The molecule has 10 heteroatoms. The lowest BCUT2D eigenvalue weighted by Gasteiger charge is -2.38. The van der Waals surface area contributed by atoms with Gasteiger partial charge in [0.1, 0.15) is 18.5 Å². The fraction of sp³-hybridized carbons (Fsp3) is 0.600. The first-order valence-corrected chi connectivity index (χ1v) is 13.4. The van der Waals surface area contributed by atoms with E-state index in [1.165, 1.54) is 0 Å². The molecule has 0 bridgehead atoms. The fourth-order valence-corrected chi connectivity index (χ4v) is 4.93. The number of hydrogen-bond acceptors (Lipinski definition) is 6. The van der Waals surface area contributed by atoms with Gasteiger partial charge in [0, 0.05) is 41.9 Å². The third-order valence-electron chi connectivity index (χ3n) is 5.66. The molecule has 1 aliphatic heterocycles. The zero-order valence-electron chi connectivity index (χ0n) is 20.9. The molecule has 1 aromatic rings. The number of nitrogens with zero attached hydrogens (tertiary/aromatic N) is 1. The lowest BCUT2D eigenvalue weighted by molar-refractivity contribution is -0.141. The molecular formula is C25H37Cl2N3O4S. The summed E-state index contributed by atoms with van der Waals surface area (Å²) in [7, 11) is 0. The minimum absolute atomic E-state index is 0.0275. The van der Waals surface area contributed by atoms with E-state index in [9.17, 15) is 14.7 Å². The quantitative estimate of drug-likeness (QED) is 0.274. The topological polar surface area (TPSA) is 90.9 Å². The standard InChI is InChI=1S/C25H37Cl2N3O4S/c1-6-12-34-21-14-19(27)18(26)13-17(21)23(29-35-25(3,4)5)16-8-10-30(11-9-16)24(33)20(31)15-28-22(32)7-2/h6,13-14,16,20,23,29,31H,1,7-12,15H2,2-5H3,(H,28,32). The molecule has 2 atom stereocenters. The van der Waals surface area contributed by atoms with E-state index >= 15 is 0 Å². The highest BCUT2D eigenvalue weighted by Gasteiger charge is 2.34. The maximum Gasteiger partial charge on any atom is 0.253 e. The van der Waals surface area contributed by atoms with E-state index in [4.69, 9.17) is 27.9 Å². The predicted octanol–water partition coefficient (Wildman–Crippen LogP) is 4.76. The van der Waals surface area contributed by atoms with Gasteiger partial charge in [-0.05, 0) is 45.6 Å². The van der Waals surface area contributed by atoms with Gasteiger partial charge in [0.25, 0.3) is 5.91 Å². The molecule has 0 saturated carbocycles. The van der Waals surface area contributed by atoms with Crippen LogP contribution in [0.3, 0.4) is 0 Å². The Hall–Kier alpha value is -1.45. The van der Waals surface area contributed by atoms with Gasteiger partial charge >= 0.3 is 0 Å². The van der Waals surface area contributed by atoms with E-state index in [1.807, 2.05) is 6.07 Å². The van der Waals surface area contributed by atoms with Crippen LogP contribution in [-0.4, -0.2) is 58.9 Å². The lowest BCUT2D eigenvalue weighted by atomic mass is 9.85. The van der Waals surface area contributed by atoms with Crippen LogP contribution in [0.15, 0.2) is 24.8 Å². The fourth-order valence-electron chi connectivity index (χ4n) is 3.80. The van der Waals surface area contributed by atoms with Crippen molar-refractivity contribution in [1.82, 2.24) is 14.9 Å². The van der Waals surface area contributed by atoms with E-state index in [0.29, 0.717) is 41.9 Å². The molecule has 3 N–H and O–H groups in total. The Balaban J connectivity index is 2.19. The van der Waals surface area contributed by atoms with Crippen LogP contribution in [0.2, 0.25) is 10.0 Å². The summed E-state index contributed by atoms with van der Waals surface area (Å²) in [6.45, 7) is 13.1. The summed E-state index contributed by atoms with van der Waals surface area (Å²) in [6, 6.07) is 3.49. The van der Waals surface area contributed by atoms with Gasteiger partial charge in [0.05, 0.1) is 16.6 Å². The smallest absolute Gasteiger partial charge is 0.253 e. The summed E-state index contributed by atoms with van der Waals surface area (Å²) in [5, 5.41) is 13.7. The van der Waals surface area contributed by atoms with Crippen LogP contribution >= 0.6 is 35.1 Å². The summed E-state index contributed by atoms with van der Waals surface area (Å²) < 4.78 is 9.53. The number of carbonyl (C=O) groups excluding carboxylic acids is 2.